The summed E-state index contributed by atoms with van der Waals surface area (Å²) in [5.74, 6) is -0.228. The Balaban J connectivity index is 0.00000196. The van der Waals surface area contributed by atoms with E-state index in [2.05, 4.69) is 0 Å². The Labute approximate surface area is 112 Å². The van der Waals surface area contributed by atoms with Gasteiger partial charge < -0.3 is 5.73 Å². The predicted octanol–water partition coefficient (Wildman–Crippen LogP) is 3.84. The first kappa shape index (κ1) is 15.0. The summed E-state index contributed by atoms with van der Waals surface area (Å²) >= 11 is 12.5. The minimum absolute atomic E-state index is 0. The van der Waals surface area contributed by atoms with Crippen LogP contribution in [0.3, 0.4) is 0 Å². The van der Waals surface area contributed by atoms with Crippen LogP contribution in [0.15, 0.2) is 12.1 Å². The molecule has 0 spiro atoms. The van der Waals surface area contributed by atoms with Gasteiger partial charge in [0.05, 0.1) is 10.0 Å². The summed E-state index contributed by atoms with van der Waals surface area (Å²) in [5.41, 5.74) is 5.40. The maximum Gasteiger partial charge on any atom is 0.151 e. The third-order valence-electron chi connectivity index (χ3n) is 1.51. The average molecular weight is 334 g/mol. The lowest BCUT2D eigenvalue weighted by molar-refractivity contribution is 0.617. The monoisotopic (exact) mass is 332 g/mol. The molecular weight excluding hydrogens is 326 g/mol. The number of halogens is 4. The smallest absolute Gasteiger partial charge is 0.151 e. The highest BCUT2D eigenvalue weighted by Gasteiger charge is 2.11. The fourth-order valence-corrected chi connectivity index (χ4v) is 1.91. The van der Waals surface area contributed by atoms with Gasteiger partial charge in [0.2, 0.25) is 0 Å². The highest BCUT2D eigenvalue weighted by Crippen LogP contribution is 2.30. The number of nitrogens with one attached hydrogen (secondary N) is 1. The molecule has 15 heavy (non-hydrogen) atoms. The SMILES string of the molecule is Br.N=C(N)SCc1c(F)ccc(Cl)c1Cl. The molecular formula is C8H8BrCl2FN2S. The zero-order valence-corrected chi connectivity index (χ0v) is 11.4. The molecule has 0 aliphatic rings. The predicted molar refractivity (Wildman–Crippen MR) is 70.0 cm³/mol. The lowest BCUT2D eigenvalue weighted by Gasteiger charge is -2.05. The summed E-state index contributed by atoms with van der Waals surface area (Å²) in [6, 6.07) is 2.63. The Morgan fingerprint density at radius 1 is 1.47 bits per heavy atom. The quantitative estimate of drug-likeness (QED) is 0.491. The molecule has 2 nitrogen and oxygen atoms in total. The third kappa shape index (κ3) is 4.18. The van der Waals surface area contributed by atoms with Crippen LogP contribution < -0.4 is 5.73 Å². The molecule has 0 saturated heterocycles. The van der Waals surface area contributed by atoms with Gasteiger partial charge in [0, 0.05) is 11.3 Å². The molecule has 1 aromatic rings. The van der Waals surface area contributed by atoms with E-state index in [1.54, 1.807) is 0 Å². The van der Waals surface area contributed by atoms with E-state index in [0.29, 0.717) is 5.02 Å². The lowest BCUT2D eigenvalue weighted by atomic mass is 10.2. The Bertz CT molecular complexity index is 376. The van der Waals surface area contributed by atoms with E-state index in [9.17, 15) is 4.39 Å². The highest BCUT2D eigenvalue weighted by atomic mass is 79.9. The minimum atomic E-state index is -0.437. The van der Waals surface area contributed by atoms with E-state index in [-0.39, 0.29) is 38.5 Å². The molecule has 0 unspecified atom stereocenters. The molecule has 0 saturated carbocycles. The van der Waals surface area contributed by atoms with Crippen molar-refractivity contribution in [1.29, 1.82) is 5.41 Å². The number of nitrogens with two attached hydrogens (primary N) is 1. The summed E-state index contributed by atoms with van der Waals surface area (Å²) in [6.07, 6.45) is 0. The van der Waals surface area contributed by atoms with Gasteiger partial charge in [0.1, 0.15) is 5.82 Å². The van der Waals surface area contributed by atoms with Crippen molar-refractivity contribution in [3.63, 3.8) is 0 Å². The summed E-state index contributed by atoms with van der Waals surface area (Å²) in [4.78, 5) is 0. The molecule has 0 aliphatic carbocycles. The molecule has 0 amide bonds. The number of rotatable bonds is 2. The molecule has 0 fully saturated rings. The molecule has 0 bridgehead atoms. The molecule has 0 aliphatic heterocycles. The van der Waals surface area contributed by atoms with Gasteiger partial charge in [-0.15, -0.1) is 17.0 Å². The number of hydrogen-bond donors (Lipinski definition) is 2. The van der Waals surface area contributed by atoms with E-state index in [4.69, 9.17) is 34.3 Å². The minimum Gasteiger partial charge on any atom is -0.379 e. The largest absolute Gasteiger partial charge is 0.379 e. The Morgan fingerprint density at radius 2 is 2.07 bits per heavy atom. The van der Waals surface area contributed by atoms with E-state index >= 15 is 0 Å². The Morgan fingerprint density at radius 3 is 2.60 bits per heavy atom. The summed E-state index contributed by atoms with van der Waals surface area (Å²) in [6.45, 7) is 0. The zero-order chi connectivity index (χ0) is 10.7. The van der Waals surface area contributed by atoms with Crippen molar-refractivity contribution in [2.24, 2.45) is 5.73 Å². The lowest BCUT2D eigenvalue weighted by Crippen LogP contribution is -2.04. The van der Waals surface area contributed by atoms with Gasteiger partial charge in [-0.3, -0.25) is 5.41 Å². The zero-order valence-electron chi connectivity index (χ0n) is 7.39. The van der Waals surface area contributed by atoms with Crippen LogP contribution in [-0.4, -0.2) is 5.17 Å². The van der Waals surface area contributed by atoms with Gasteiger partial charge in [-0.1, -0.05) is 35.0 Å². The van der Waals surface area contributed by atoms with Crippen molar-refractivity contribution in [3.05, 3.63) is 33.6 Å². The van der Waals surface area contributed by atoms with Crippen LogP contribution in [-0.2, 0) is 5.75 Å². The summed E-state index contributed by atoms with van der Waals surface area (Å²) in [7, 11) is 0. The first-order valence-corrected chi connectivity index (χ1v) is 5.35. The first-order chi connectivity index (χ1) is 6.52. The van der Waals surface area contributed by atoms with Gasteiger partial charge in [0.15, 0.2) is 5.17 Å². The number of thioether (sulfide) groups is 1. The topological polar surface area (TPSA) is 49.9 Å². The van der Waals surface area contributed by atoms with Crippen molar-refractivity contribution in [2.75, 3.05) is 0 Å². The van der Waals surface area contributed by atoms with Crippen molar-refractivity contribution in [2.45, 2.75) is 5.75 Å². The van der Waals surface area contributed by atoms with Crippen LogP contribution in [0.1, 0.15) is 5.56 Å². The van der Waals surface area contributed by atoms with Crippen LogP contribution in [0.25, 0.3) is 0 Å². The number of hydrogen-bond acceptors (Lipinski definition) is 2. The van der Waals surface area contributed by atoms with Crippen molar-refractivity contribution in [3.8, 4) is 0 Å². The van der Waals surface area contributed by atoms with Gasteiger partial charge in [-0.25, -0.2) is 4.39 Å². The molecule has 0 aromatic heterocycles. The molecule has 1 rings (SSSR count). The van der Waals surface area contributed by atoms with Gasteiger partial charge >= 0.3 is 0 Å². The molecule has 3 N–H and O–H groups in total. The molecule has 7 heteroatoms. The molecule has 1 aromatic carbocycles. The molecule has 0 heterocycles. The standard InChI is InChI=1S/C8H7Cl2FN2S.BrH/c9-5-1-2-6(11)4(7(5)10)3-14-8(12)13;/h1-2H,3H2,(H3,12,13);1H. The molecule has 84 valence electrons. The third-order valence-corrected chi connectivity index (χ3v) is 3.10. The molecule has 0 radical (unpaired) electrons. The Hall–Kier alpha value is 0.0300. The van der Waals surface area contributed by atoms with Crippen LogP contribution >= 0.6 is 51.9 Å². The molecule has 0 atom stereocenters. The van der Waals surface area contributed by atoms with Crippen LogP contribution in [0.2, 0.25) is 10.0 Å². The van der Waals surface area contributed by atoms with Gasteiger partial charge in [0.25, 0.3) is 0 Å². The first-order valence-electron chi connectivity index (χ1n) is 3.61. The maximum absolute atomic E-state index is 13.2. The number of amidine groups is 1. The summed E-state index contributed by atoms with van der Waals surface area (Å²) in [5, 5.41) is 7.38. The van der Waals surface area contributed by atoms with Crippen LogP contribution in [0, 0.1) is 11.2 Å². The second kappa shape index (κ2) is 6.58. The van der Waals surface area contributed by atoms with E-state index < -0.39 is 5.82 Å². The highest BCUT2D eigenvalue weighted by molar-refractivity contribution is 8.93. The van der Waals surface area contributed by atoms with Gasteiger partial charge in [-0.2, -0.15) is 0 Å². The average Bonchev–Trinajstić information content (AvgIpc) is 2.11. The van der Waals surface area contributed by atoms with Crippen molar-refractivity contribution < 1.29 is 4.39 Å². The second-order valence-corrected chi connectivity index (χ2v) is 4.28. The van der Waals surface area contributed by atoms with Crippen molar-refractivity contribution >= 4 is 57.1 Å². The second-order valence-electron chi connectivity index (χ2n) is 2.47. The fourth-order valence-electron chi connectivity index (χ4n) is 0.851. The van der Waals surface area contributed by atoms with Crippen LogP contribution in [0.5, 0.6) is 0 Å². The van der Waals surface area contributed by atoms with Gasteiger partial charge in [-0.05, 0) is 12.1 Å². The van der Waals surface area contributed by atoms with E-state index in [1.165, 1.54) is 12.1 Å². The van der Waals surface area contributed by atoms with Crippen LogP contribution in [0.4, 0.5) is 4.39 Å². The maximum atomic E-state index is 13.2. The summed E-state index contributed by atoms with van der Waals surface area (Å²) < 4.78 is 13.2. The fraction of sp³-hybridized carbons (Fsp3) is 0.125. The van der Waals surface area contributed by atoms with Crippen molar-refractivity contribution in [1.82, 2.24) is 0 Å². The Kier molecular flexibility index (Phi) is 6.59. The normalized spacial score (nSPS) is 9.53. The van der Waals surface area contributed by atoms with E-state index in [1.807, 2.05) is 0 Å². The number of benzene rings is 1. The van der Waals surface area contributed by atoms with E-state index in [0.717, 1.165) is 11.8 Å².